The van der Waals surface area contributed by atoms with Gasteiger partial charge in [-0.3, -0.25) is 0 Å². The van der Waals surface area contributed by atoms with Crippen molar-refractivity contribution in [1.82, 2.24) is 10.0 Å². The van der Waals surface area contributed by atoms with Crippen molar-refractivity contribution >= 4 is 10.0 Å². The molecule has 4 nitrogen and oxygen atoms in total. The van der Waals surface area contributed by atoms with Crippen molar-refractivity contribution in [2.45, 2.75) is 58.1 Å². The molecule has 0 amide bonds. The van der Waals surface area contributed by atoms with E-state index in [0.717, 1.165) is 32.2 Å². The third-order valence-corrected chi connectivity index (χ3v) is 5.97. The molecule has 0 heterocycles. The number of nitrogens with one attached hydrogen (secondary N) is 2. The van der Waals surface area contributed by atoms with Gasteiger partial charge in [0.2, 0.25) is 10.0 Å². The largest absolute Gasteiger partial charge is 0.315 e. The summed E-state index contributed by atoms with van der Waals surface area (Å²) in [7, 11) is -3.17. The van der Waals surface area contributed by atoms with Gasteiger partial charge in [0.25, 0.3) is 0 Å². The van der Waals surface area contributed by atoms with Gasteiger partial charge < -0.3 is 5.32 Å². The minimum Gasteiger partial charge on any atom is -0.315 e. The predicted molar refractivity (Wildman–Crippen MR) is 76.1 cm³/mol. The van der Waals surface area contributed by atoms with Crippen LogP contribution in [0.25, 0.3) is 0 Å². The Labute approximate surface area is 112 Å². The van der Waals surface area contributed by atoms with Gasteiger partial charge in [0.1, 0.15) is 0 Å². The molecule has 1 unspecified atom stereocenters. The van der Waals surface area contributed by atoms with Gasteiger partial charge in [0, 0.05) is 13.1 Å². The standard InChI is InChI=1S/C13H28N2O2S/c1-4-9-14-10-12(3)18(16,17)15-11-13(5-2)7-6-8-13/h12,14-15H,4-11H2,1-3H3. The average Bonchev–Trinajstić information content (AvgIpc) is 2.28. The molecule has 0 spiro atoms. The molecule has 0 aromatic heterocycles. The fourth-order valence-electron chi connectivity index (χ4n) is 2.32. The molecule has 1 fully saturated rings. The van der Waals surface area contributed by atoms with Crippen LogP contribution in [0.4, 0.5) is 0 Å². The summed E-state index contributed by atoms with van der Waals surface area (Å²) in [4.78, 5) is 0. The Morgan fingerprint density at radius 3 is 2.39 bits per heavy atom. The molecule has 1 aliphatic carbocycles. The first-order chi connectivity index (χ1) is 8.46. The first kappa shape index (κ1) is 15.9. The number of sulfonamides is 1. The fraction of sp³-hybridized carbons (Fsp3) is 1.00. The molecule has 0 aliphatic heterocycles. The molecule has 0 bridgehead atoms. The molecular formula is C13H28N2O2S. The Morgan fingerprint density at radius 2 is 1.94 bits per heavy atom. The van der Waals surface area contributed by atoms with Crippen LogP contribution in [0.1, 0.15) is 52.9 Å². The molecule has 1 atom stereocenters. The number of hydrogen-bond acceptors (Lipinski definition) is 3. The second-order valence-electron chi connectivity index (χ2n) is 5.59. The normalized spacial score (nSPS) is 20.4. The minimum atomic E-state index is -3.17. The monoisotopic (exact) mass is 276 g/mol. The highest BCUT2D eigenvalue weighted by molar-refractivity contribution is 7.90. The zero-order valence-electron chi connectivity index (χ0n) is 12.0. The van der Waals surface area contributed by atoms with Gasteiger partial charge in [-0.2, -0.15) is 0 Å². The van der Waals surface area contributed by atoms with Crippen molar-refractivity contribution in [3.63, 3.8) is 0 Å². The SMILES string of the molecule is CCCNCC(C)S(=O)(=O)NCC1(CC)CCC1. The topological polar surface area (TPSA) is 58.2 Å². The van der Waals surface area contributed by atoms with Crippen LogP contribution in [0.15, 0.2) is 0 Å². The summed E-state index contributed by atoms with van der Waals surface area (Å²) in [5, 5.41) is 2.80. The Kier molecular flexibility index (Phi) is 6.08. The third kappa shape index (κ3) is 4.21. The van der Waals surface area contributed by atoms with E-state index in [4.69, 9.17) is 0 Å². The Morgan fingerprint density at radius 1 is 1.28 bits per heavy atom. The maximum Gasteiger partial charge on any atom is 0.215 e. The highest BCUT2D eigenvalue weighted by atomic mass is 32.2. The smallest absolute Gasteiger partial charge is 0.215 e. The summed E-state index contributed by atoms with van der Waals surface area (Å²) in [6.45, 7) is 8.01. The average molecular weight is 276 g/mol. The quantitative estimate of drug-likeness (QED) is 0.632. The minimum absolute atomic E-state index is 0.240. The van der Waals surface area contributed by atoms with Gasteiger partial charge in [-0.15, -0.1) is 0 Å². The predicted octanol–water partition coefficient (Wildman–Crippen LogP) is 1.87. The summed E-state index contributed by atoms with van der Waals surface area (Å²) >= 11 is 0. The van der Waals surface area contributed by atoms with Crippen molar-refractivity contribution in [1.29, 1.82) is 0 Å². The second kappa shape index (κ2) is 6.87. The van der Waals surface area contributed by atoms with Crippen LogP contribution in [-0.4, -0.2) is 33.3 Å². The van der Waals surface area contributed by atoms with Crippen molar-refractivity contribution < 1.29 is 8.42 Å². The lowest BCUT2D eigenvalue weighted by Crippen LogP contribution is -2.46. The molecule has 1 saturated carbocycles. The van der Waals surface area contributed by atoms with E-state index >= 15 is 0 Å². The van der Waals surface area contributed by atoms with Gasteiger partial charge in [-0.25, -0.2) is 13.1 Å². The summed E-state index contributed by atoms with van der Waals surface area (Å²) in [6, 6.07) is 0. The van der Waals surface area contributed by atoms with E-state index in [0.29, 0.717) is 13.1 Å². The molecule has 0 aromatic carbocycles. The molecule has 0 radical (unpaired) electrons. The van der Waals surface area contributed by atoms with Gasteiger partial charge in [0.15, 0.2) is 0 Å². The Balaban J connectivity index is 2.38. The summed E-state index contributed by atoms with van der Waals surface area (Å²) in [5.41, 5.74) is 0.240. The van der Waals surface area contributed by atoms with Crippen LogP contribution in [0.3, 0.4) is 0 Å². The van der Waals surface area contributed by atoms with Crippen molar-refractivity contribution in [3.8, 4) is 0 Å². The van der Waals surface area contributed by atoms with Gasteiger partial charge in [-0.05, 0) is 44.6 Å². The Hall–Kier alpha value is -0.130. The highest BCUT2D eigenvalue weighted by Gasteiger charge is 2.36. The zero-order chi connectivity index (χ0) is 13.6. The van der Waals surface area contributed by atoms with E-state index in [-0.39, 0.29) is 10.7 Å². The molecule has 1 aliphatic rings. The van der Waals surface area contributed by atoms with Crippen LogP contribution in [0.5, 0.6) is 0 Å². The third-order valence-electron chi connectivity index (χ3n) is 4.20. The van der Waals surface area contributed by atoms with Crippen molar-refractivity contribution in [2.75, 3.05) is 19.6 Å². The highest BCUT2D eigenvalue weighted by Crippen LogP contribution is 2.43. The lowest BCUT2D eigenvalue weighted by molar-refractivity contribution is 0.133. The molecular weight excluding hydrogens is 248 g/mol. The Bertz CT molecular complexity index is 331. The van der Waals surface area contributed by atoms with E-state index in [1.807, 2.05) is 0 Å². The van der Waals surface area contributed by atoms with E-state index < -0.39 is 10.0 Å². The molecule has 2 N–H and O–H groups in total. The van der Waals surface area contributed by atoms with Crippen LogP contribution in [0, 0.1) is 5.41 Å². The fourth-order valence-corrected chi connectivity index (χ4v) is 3.45. The second-order valence-corrected chi connectivity index (χ2v) is 7.77. The first-order valence-electron chi connectivity index (χ1n) is 7.15. The van der Waals surface area contributed by atoms with E-state index in [1.165, 1.54) is 6.42 Å². The maximum atomic E-state index is 12.1. The van der Waals surface area contributed by atoms with E-state index in [1.54, 1.807) is 6.92 Å². The van der Waals surface area contributed by atoms with Gasteiger partial charge in [0.05, 0.1) is 5.25 Å². The number of rotatable bonds is 9. The van der Waals surface area contributed by atoms with Crippen LogP contribution in [0.2, 0.25) is 0 Å². The summed E-state index contributed by atoms with van der Waals surface area (Å²) < 4.78 is 27.0. The van der Waals surface area contributed by atoms with Crippen molar-refractivity contribution in [2.24, 2.45) is 5.41 Å². The van der Waals surface area contributed by atoms with Crippen molar-refractivity contribution in [3.05, 3.63) is 0 Å². The van der Waals surface area contributed by atoms with E-state index in [2.05, 4.69) is 23.9 Å². The maximum absolute atomic E-state index is 12.1. The van der Waals surface area contributed by atoms with Gasteiger partial charge >= 0.3 is 0 Å². The molecule has 5 heteroatoms. The molecule has 0 aromatic rings. The molecule has 0 saturated heterocycles. The first-order valence-corrected chi connectivity index (χ1v) is 8.69. The van der Waals surface area contributed by atoms with Gasteiger partial charge in [-0.1, -0.05) is 20.3 Å². The molecule has 1 rings (SSSR count). The van der Waals surface area contributed by atoms with Crippen LogP contribution < -0.4 is 10.0 Å². The molecule has 18 heavy (non-hydrogen) atoms. The zero-order valence-corrected chi connectivity index (χ0v) is 12.8. The number of hydrogen-bond donors (Lipinski definition) is 2. The van der Waals surface area contributed by atoms with Crippen LogP contribution >= 0.6 is 0 Å². The lowest BCUT2D eigenvalue weighted by Gasteiger charge is -2.41. The molecule has 108 valence electrons. The van der Waals surface area contributed by atoms with Crippen LogP contribution in [-0.2, 0) is 10.0 Å². The summed E-state index contributed by atoms with van der Waals surface area (Å²) in [5.74, 6) is 0. The summed E-state index contributed by atoms with van der Waals surface area (Å²) in [6.07, 6.45) is 5.66. The van der Waals surface area contributed by atoms with E-state index in [9.17, 15) is 8.42 Å². The lowest BCUT2D eigenvalue weighted by atomic mass is 9.67.